The molecule has 0 aliphatic rings. The van der Waals surface area contributed by atoms with Crippen LogP contribution < -0.4 is 0 Å². The summed E-state index contributed by atoms with van der Waals surface area (Å²) in [6.07, 6.45) is 0. The molecule has 2 aromatic carbocycles. The van der Waals surface area contributed by atoms with Crippen molar-refractivity contribution in [3.05, 3.63) is 59.9 Å². The van der Waals surface area contributed by atoms with Gasteiger partial charge >= 0.3 is 0 Å². The minimum Gasteiger partial charge on any atom is -0.206 e. The number of rotatable bonds is 1. The van der Waals surface area contributed by atoms with Crippen molar-refractivity contribution in [1.29, 1.82) is 0 Å². The smallest absolute Gasteiger partial charge is 0.159 e. The van der Waals surface area contributed by atoms with E-state index in [-0.39, 0.29) is 5.56 Å². The molecule has 0 aliphatic heterocycles. The second-order valence-electron chi connectivity index (χ2n) is 3.11. The van der Waals surface area contributed by atoms with Gasteiger partial charge in [0.1, 0.15) is 5.82 Å². The average molecular weight is 208 g/mol. The third-order valence-electron chi connectivity index (χ3n) is 2.10. The molecule has 0 saturated heterocycles. The minimum atomic E-state index is -0.976. The molecule has 0 heterocycles. The van der Waals surface area contributed by atoms with E-state index in [1.165, 1.54) is 18.2 Å². The Labute approximate surface area is 85.0 Å². The number of halogens is 3. The molecule has 2 aromatic rings. The summed E-state index contributed by atoms with van der Waals surface area (Å²) in [6.45, 7) is 0. The predicted molar refractivity (Wildman–Crippen MR) is 51.8 cm³/mol. The summed E-state index contributed by atoms with van der Waals surface area (Å²) in [5.41, 5.74) is 0.586. The fourth-order valence-corrected chi connectivity index (χ4v) is 1.36. The highest BCUT2D eigenvalue weighted by molar-refractivity contribution is 5.63. The summed E-state index contributed by atoms with van der Waals surface area (Å²) in [4.78, 5) is 0. The van der Waals surface area contributed by atoms with Crippen molar-refractivity contribution in [2.24, 2.45) is 0 Å². The van der Waals surface area contributed by atoms with Crippen LogP contribution in [0.15, 0.2) is 42.5 Å². The Balaban J connectivity index is 2.55. The van der Waals surface area contributed by atoms with E-state index in [1.54, 1.807) is 12.1 Å². The molecule has 3 heteroatoms. The predicted octanol–water partition coefficient (Wildman–Crippen LogP) is 3.77. The molecule has 0 fully saturated rings. The van der Waals surface area contributed by atoms with Crippen LogP contribution in [0.2, 0.25) is 0 Å². The van der Waals surface area contributed by atoms with Gasteiger partial charge in [-0.15, -0.1) is 0 Å². The van der Waals surface area contributed by atoms with Crippen molar-refractivity contribution in [2.45, 2.75) is 0 Å². The summed E-state index contributed by atoms with van der Waals surface area (Å²) in [7, 11) is 0. The zero-order chi connectivity index (χ0) is 10.8. The summed E-state index contributed by atoms with van der Waals surface area (Å²) in [5, 5.41) is 0. The van der Waals surface area contributed by atoms with Crippen LogP contribution >= 0.6 is 0 Å². The van der Waals surface area contributed by atoms with E-state index in [2.05, 4.69) is 0 Å². The van der Waals surface area contributed by atoms with E-state index < -0.39 is 17.5 Å². The second kappa shape index (κ2) is 3.77. The third-order valence-corrected chi connectivity index (χ3v) is 2.10. The lowest BCUT2D eigenvalue weighted by molar-refractivity contribution is 0.509. The largest absolute Gasteiger partial charge is 0.206 e. The number of hydrogen-bond acceptors (Lipinski definition) is 0. The van der Waals surface area contributed by atoms with Gasteiger partial charge in [0, 0.05) is 5.56 Å². The van der Waals surface area contributed by atoms with Crippen LogP contribution in [-0.4, -0.2) is 0 Å². The third kappa shape index (κ3) is 1.86. The van der Waals surface area contributed by atoms with Crippen molar-refractivity contribution in [3.63, 3.8) is 0 Å². The van der Waals surface area contributed by atoms with Gasteiger partial charge < -0.3 is 0 Å². The quantitative estimate of drug-likeness (QED) is 0.669. The number of benzene rings is 2. The van der Waals surface area contributed by atoms with E-state index in [0.717, 1.165) is 12.1 Å². The van der Waals surface area contributed by atoms with Gasteiger partial charge in [-0.1, -0.05) is 24.3 Å². The summed E-state index contributed by atoms with van der Waals surface area (Å²) < 4.78 is 38.8. The molecule has 0 nitrogen and oxygen atoms in total. The Hall–Kier alpha value is -1.77. The first-order valence-electron chi connectivity index (χ1n) is 4.38. The van der Waals surface area contributed by atoms with Gasteiger partial charge in [0.05, 0.1) is 0 Å². The SMILES string of the molecule is Fc1ccc(-c2ccccc2F)cc1F. The Morgan fingerprint density at radius 3 is 2.07 bits per heavy atom. The molecule has 0 bridgehead atoms. The van der Waals surface area contributed by atoms with E-state index in [1.807, 2.05) is 0 Å². The average Bonchev–Trinajstić information content (AvgIpc) is 2.23. The lowest BCUT2D eigenvalue weighted by atomic mass is 10.1. The molecule has 0 unspecified atom stereocenters. The van der Waals surface area contributed by atoms with Gasteiger partial charge in [-0.25, -0.2) is 13.2 Å². The Morgan fingerprint density at radius 1 is 0.667 bits per heavy atom. The van der Waals surface area contributed by atoms with Crippen LogP contribution in [0.1, 0.15) is 0 Å². The van der Waals surface area contributed by atoms with E-state index in [9.17, 15) is 13.2 Å². The maximum absolute atomic E-state index is 13.3. The van der Waals surface area contributed by atoms with Crippen molar-refractivity contribution in [3.8, 4) is 11.1 Å². The number of hydrogen-bond donors (Lipinski definition) is 0. The van der Waals surface area contributed by atoms with E-state index in [4.69, 9.17) is 0 Å². The maximum Gasteiger partial charge on any atom is 0.159 e. The molecule has 0 atom stereocenters. The zero-order valence-corrected chi connectivity index (χ0v) is 7.68. The van der Waals surface area contributed by atoms with Gasteiger partial charge in [0.25, 0.3) is 0 Å². The second-order valence-corrected chi connectivity index (χ2v) is 3.11. The fraction of sp³-hybridized carbons (Fsp3) is 0. The highest BCUT2D eigenvalue weighted by Crippen LogP contribution is 2.23. The minimum absolute atomic E-state index is 0.261. The Bertz CT molecular complexity index is 492. The van der Waals surface area contributed by atoms with Gasteiger partial charge in [-0.05, 0) is 23.8 Å². The topological polar surface area (TPSA) is 0 Å². The molecule has 76 valence electrons. The van der Waals surface area contributed by atoms with Crippen molar-refractivity contribution in [2.75, 3.05) is 0 Å². The Morgan fingerprint density at radius 2 is 1.40 bits per heavy atom. The van der Waals surface area contributed by atoms with Crippen LogP contribution in [0.3, 0.4) is 0 Å². The van der Waals surface area contributed by atoms with Crippen LogP contribution in [0.5, 0.6) is 0 Å². The molecule has 0 saturated carbocycles. The van der Waals surface area contributed by atoms with E-state index >= 15 is 0 Å². The standard InChI is InChI=1S/C12H7F3/c13-10-4-2-1-3-9(10)8-5-6-11(14)12(15)7-8/h1-7H. The molecular weight excluding hydrogens is 201 g/mol. The van der Waals surface area contributed by atoms with Gasteiger partial charge in [-0.3, -0.25) is 0 Å². The first-order chi connectivity index (χ1) is 7.18. The Kier molecular flexibility index (Phi) is 2.46. The fourth-order valence-electron chi connectivity index (χ4n) is 1.36. The van der Waals surface area contributed by atoms with Crippen LogP contribution in [0.25, 0.3) is 11.1 Å². The summed E-state index contributed by atoms with van der Waals surface area (Å²) >= 11 is 0. The summed E-state index contributed by atoms with van der Waals surface area (Å²) in [6, 6.07) is 9.28. The van der Waals surface area contributed by atoms with Gasteiger partial charge in [0.15, 0.2) is 11.6 Å². The van der Waals surface area contributed by atoms with Crippen LogP contribution in [-0.2, 0) is 0 Å². The summed E-state index contributed by atoms with van der Waals surface area (Å²) in [5.74, 6) is -2.37. The molecule has 15 heavy (non-hydrogen) atoms. The normalized spacial score (nSPS) is 10.3. The monoisotopic (exact) mass is 208 g/mol. The first-order valence-corrected chi connectivity index (χ1v) is 4.38. The molecule has 0 radical (unpaired) electrons. The van der Waals surface area contributed by atoms with Crippen molar-refractivity contribution < 1.29 is 13.2 Å². The lowest BCUT2D eigenvalue weighted by Gasteiger charge is -2.03. The highest BCUT2D eigenvalue weighted by Gasteiger charge is 2.07. The van der Waals surface area contributed by atoms with Crippen LogP contribution in [0.4, 0.5) is 13.2 Å². The molecule has 0 aliphatic carbocycles. The van der Waals surface area contributed by atoms with Gasteiger partial charge in [0.2, 0.25) is 0 Å². The van der Waals surface area contributed by atoms with Crippen molar-refractivity contribution >= 4 is 0 Å². The lowest BCUT2D eigenvalue weighted by Crippen LogP contribution is -1.87. The molecule has 0 N–H and O–H groups in total. The maximum atomic E-state index is 13.3. The molecule has 0 aromatic heterocycles. The van der Waals surface area contributed by atoms with Gasteiger partial charge in [-0.2, -0.15) is 0 Å². The molecule has 0 amide bonds. The first kappa shape index (κ1) is 9.77. The molecule has 0 spiro atoms. The zero-order valence-electron chi connectivity index (χ0n) is 7.68. The van der Waals surface area contributed by atoms with Crippen LogP contribution in [0, 0.1) is 17.5 Å². The van der Waals surface area contributed by atoms with Crippen molar-refractivity contribution in [1.82, 2.24) is 0 Å². The highest BCUT2D eigenvalue weighted by atomic mass is 19.2. The molecular formula is C12H7F3. The van der Waals surface area contributed by atoms with E-state index in [0.29, 0.717) is 5.56 Å². The molecule has 2 rings (SSSR count).